The van der Waals surface area contributed by atoms with Crippen molar-refractivity contribution in [2.45, 2.75) is 32.4 Å². The topological polar surface area (TPSA) is 37.2 Å². The van der Waals surface area contributed by atoms with Crippen molar-refractivity contribution in [2.75, 3.05) is 25.0 Å². The number of hydrogen-bond donors (Lipinski definition) is 0. The van der Waals surface area contributed by atoms with Crippen LogP contribution in [0.2, 0.25) is 0 Å². The van der Waals surface area contributed by atoms with Crippen LogP contribution in [0.3, 0.4) is 0 Å². The minimum Gasteiger partial charge on any atom is -0.355 e. The molecule has 0 aliphatic carbocycles. The molecular formula is C17H25N5. The summed E-state index contributed by atoms with van der Waals surface area (Å²) >= 11 is 0. The molecule has 2 aromatic heterocycles. The highest BCUT2D eigenvalue weighted by atomic mass is 15.3. The van der Waals surface area contributed by atoms with Crippen LogP contribution >= 0.6 is 0 Å². The van der Waals surface area contributed by atoms with Gasteiger partial charge in [0, 0.05) is 44.6 Å². The Morgan fingerprint density at radius 2 is 2.18 bits per heavy atom. The van der Waals surface area contributed by atoms with Crippen LogP contribution in [-0.4, -0.2) is 45.8 Å². The second-order valence-electron chi connectivity index (χ2n) is 6.28. The molecule has 0 N–H and O–H groups in total. The molecule has 1 aliphatic rings. The Morgan fingerprint density at radius 3 is 2.91 bits per heavy atom. The number of piperidine rings is 1. The summed E-state index contributed by atoms with van der Waals surface area (Å²) in [6.45, 7) is 5.10. The van der Waals surface area contributed by atoms with Gasteiger partial charge in [-0.05, 0) is 45.0 Å². The lowest BCUT2D eigenvalue weighted by atomic mass is 10.0. The van der Waals surface area contributed by atoms with E-state index in [1.807, 2.05) is 17.9 Å². The van der Waals surface area contributed by atoms with E-state index in [4.69, 9.17) is 0 Å². The van der Waals surface area contributed by atoms with Crippen molar-refractivity contribution in [3.05, 3.63) is 41.9 Å². The second kappa shape index (κ2) is 6.48. The van der Waals surface area contributed by atoms with Gasteiger partial charge in [-0.2, -0.15) is 5.10 Å². The quantitative estimate of drug-likeness (QED) is 0.867. The lowest BCUT2D eigenvalue weighted by Crippen LogP contribution is -2.46. The smallest absolute Gasteiger partial charge is 0.128 e. The average Bonchev–Trinajstić information content (AvgIpc) is 2.92. The number of anilines is 1. The molecule has 3 rings (SSSR count). The molecule has 1 aliphatic heterocycles. The molecule has 0 saturated carbocycles. The van der Waals surface area contributed by atoms with Crippen LogP contribution in [0.15, 0.2) is 30.5 Å². The van der Waals surface area contributed by atoms with Crippen molar-refractivity contribution >= 4 is 5.82 Å². The molecule has 2 aromatic rings. The number of likely N-dealkylation sites (N-methyl/N-ethyl adjacent to an activating group) is 1. The molecule has 1 atom stereocenters. The SMILES string of the molecule is Cc1cccc(N2CCC[C@@H](N(C)Cc3ccn(C)n3)C2)n1. The Morgan fingerprint density at radius 1 is 1.32 bits per heavy atom. The molecule has 0 spiro atoms. The van der Waals surface area contributed by atoms with Crippen molar-refractivity contribution < 1.29 is 0 Å². The third-order valence-electron chi connectivity index (χ3n) is 4.40. The molecule has 5 nitrogen and oxygen atoms in total. The zero-order chi connectivity index (χ0) is 15.5. The average molecular weight is 299 g/mol. The van der Waals surface area contributed by atoms with Crippen molar-refractivity contribution in [3.8, 4) is 0 Å². The zero-order valence-electron chi connectivity index (χ0n) is 13.7. The predicted octanol–water partition coefficient (Wildman–Crippen LogP) is 2.22. The van der Waals surface area contributed by atoms with Gasteiger partial charge in [-0.1, -0.05) is 6.07 Å². The first-order valence-corrected chi connectivity index (χ1v) is 7.99. The van der Waals surface area contributed by atoms with E-state index in [0.29, 0.717) is 6.04 Å². The van der Waals surface area contributed by atoms with Gasteiger partial charge in [0.1, 0.15) is 5.82 Å². The summed E-state index contributed by atoms with van der Waals surface area (Å²) in [6.07, 6.45) is 4.46. The highest BCUT2D eigenvalue weighted by Crippen LogP contribution is 2.21. The third-order valence-corrected chi connectivity index (χ3v) is 4.40. The minimum atomic E-state index is 0.554. The van der Waals surface area contributed by atoms with E-state index in [9.17, 15) is 0 Å². The summed E-state index contributed by atoms with van der Waals surface area (Å²) in [5.74, 6) is 1.11. The molecule has 5 heteroatoms. The van der Waals surface area contributed by atoms with Crippen LogP contribution in [0, 0.1) is 6.92 Å². The maximum atomic E-state index is 4.67. The van der Waals surface area contributed by atoms with Gasteiger partial charge in [-0.15, -0.1) is 0 Å². The van der Waals surface area contributed by atoms with Gasteiger partial charge in [0.25, 0.3) is 0 Å². The van der Waals surface area contributed by atoms with Crippen molar-refractivity contribution in [3.63, 3.8) is 0 Å². The number of pyridine rings is 1. The molecule has 0 aromatic carbocycles. The summed E-state index contributed by atoms with van der Waals surface area (Å²) in [6, 6.07) is 8.92. The molecular weight excluding hydrogens is 274 g/mol. The largest absolute Gasteiger partial charge is 0.355 e. The van der Waals surface area contributed by atoms with E-state index in [1.54, 1.807) is 0 Å². The Labute approximate surface area is 132 Å². The van der Waals surface area contributed by atoms with E-state index < -0.39 is 0 Å². The van der Waals surface area contributed by atoms with Gasteiger partial charge in [0.2, 0.25) is 0 Å². The van der Waals surface area contributed by atoms with Gasteiger partial charge < -0.3 is 4.90 Å². The van der Waals surface area contributed by atoms with Crippen molar-refractivity contribution in [1.82, 2.24) is 19.7 Å². The highest BCUT2D eigenvalue weighted by molar-refractivity contribution is 5.40. The van der Waals surface area contributed by atoms with E-state index in [2.05, 4.69) is 58.1 Å². The number of hydrogen-bond acceptors (Lipinski definition) is 4. The molecule has 3 heterocycles. The number of aryl methyl sites for hydroxylation is 2. The molecule has 0 amide bonds. The van der Waals surface area contributed by atoms with Crippen LogP contribution in [-0.2, 0) is 13.6 Å². The van der Waals surface area contributed by atoms with Gasteiger partial charge in [-0.25, -0.2) is 4.98 Å². The van der Waals surface area contributed by atoms with Crippen LogP contribution < -0.4 is 4.90 Å². The summed E-state index contributed by atoms with van der Waals surface area (Å²) < 4.78 is 1.87. The van der Waals surface area contributed by atoms with E-state index in [0.717, 1.165) is 36.8 Å². The maximum Gasteiger partial charge on any atom is 0.128 e. The molecule has 22 heavy (non-hydrogen) atoms. The van der Waals surface area contributed by atoms with Gasteiger partial charge in [0.05, 0.1) is 5.69 Å². The Hall–Kier alpha value is -1.88. The number of nitrogens with zero attached hydrogens (tertiary/aromatic N) is 5. The summed E-state index contributed by atoms with van der Waals surface area (Å²) in [7, 11) is 4.17. The molecule has 0 radical (unpaired) electrons. The maximum absolute atomic E-state index is 4.67. The fraction of sp³-hybridized carbons (Fsp3) is 0.529. The molecule has 1 saturated heterocycles. The molecule has 118 valence electrons. The lowest BCUT2D eigenvalue weighted by Gasteiger charge is -2.38. The van der Waals surface area contributed by atoms with Crippen LogP contribution in [0.25, 0.3) is 0 Å². The third kappa shape index (κ3) is 3.47. The summed E-state index contributed by atoms with van der Waals surface area (Å²) in [5, 5.41) is 4.48. The highest BCUT2D eigenvalue weighted by Gasteiger charge is 2.24. The van der Waals surface area contributed by atoms with Crippen molar-refractivity contribution in [1.29, 1.82) is 0 Å². The Balaban J connectivity index is 1.64. The fourth-order valence-electron chi connectivity index (χ4n) is 3.16. The predicted molar refractivity (Wildman–Crippen MR) is 88.9 cm³/mol. The van der Waals surface area contributed by atoms with Gasteiger partial charge >= 0.3 is 0 Å². The van der Waals surface area contributed by atoms with Crippen LogP contribution in [0.5, 0.6) is 0 Å². The standard InChI is InChI=1S/C17H25N5/c1-14-6-4-8-17(18-14)22-10-5-7-16(13-22)20(2)12-15-9-11-21(3)19-15/h4,6,8-9,11,16H,5,7,10,12-13H2,1-3H3/t16-/m1/s1. The minimum absolute atomic E-state index is 0.554. The van der Waals surface area contributed by atoms with E-state index in [-0.39, 0.29) is 0 Å². The van der Waals surface area contributed by atoms with Gasteiger partial charge in [0.15, 0.2) is 0 Å². The van der Waals surface area contributed by atoms with E-state index in [1.165, 1.54) is 12.8 Å². The van der Waals surface area contributed by atoms with E-state index >= 15 is 0 Å². The van der Waals surface area contributed by atoms with Crippen molar-refractivity contribution in [2.24, 2.45) is 7.05 Å². The fourth-order valence-corrected chi connectivity index (χ4v) is 3.16. The normalized spacial score (nSPS) is 18.9. The summed E-state index contributed by atoms with van der Waals surface area (Å²) in [4.78, 5) is 9.50. The Bertz CT molecular complexity index is 621. The lowest BCUT2D eigenvalue weighted by molar-refractivity contribution is 0.205. The van der Waals surface area contributed by atoms with Crippen LogP contribution in [0.4, 0.5) is 5.82 Å². The first-order valence-electron chi connectivity index (χ1n) is 7.99. The van der Waals surface area contributed by atoms with Gasteiger partial charge in [-0.3, -0.25) is 9.58 Å². The first-order chi connectivity index (χ1) is 10.6. The number of aromatic nitrogens is 3. The second-order valence-corrected chi connectivity index (χ2v) is 6.28. The molecule has 0 unspecified atom stereocenters. The molecule has 0 bridgehead atoms. The monoisotopic (exact) mass is 299 g/mol. The van der Waals surface area contributed by atoms with Crippen LogP contribution in [0.1, 0.15) is 24.2 Å². The summed E-state index contributed by atoms with van der Waals surface area (Å²) in [5.41, 5.74) is 2.22. The zero-order valence-corrected chi connectivity index (χ0v) is 13.7. The molecule has 1 fully saturated rings. The number of rotatable bonds is 4. The first kappa shape index (κ1) is 15.0. The Kier molecular flexibility index (Phi) is 4.43.